The van der Waals surface area contributed by atoms with E-state index in [1.54, 1.807) is 6.08 Å². The minimum absolute atomic E-state index is 0.330. The third-order valence-corrected chi connectivity index (χ3v) is 3.99. The molecule has 0 unspecified atom stereocenters. The lowest BCUT2D eigenvalue weighted by atomic mass is 10.3. The zero-order valence-corrected chi connectivity index (χ0v) is 16.2. The van der Waals surface area contributed by atoms with Crippen LogP contribution >= 0.6 is 0 Å². The van der Waals surface area contributed by atoms with Crippen molar-refractivity contribution in [1.82, 2.24) is 20.2 Å². The Hall–Kier alpha value is -3.11. The van der Waals surface area contributed by atoms with Gasteiger partial charge < -0.3 is 25.1 Å². The maximum atomic E-state index is 5.43. The van der Waals surface area contributed by atoms with Gasteiger partial charge in [-0.2, -0.15) is 21.0 Å². The molecule has 1 saturated heterocycles. The number of rotatable bonds is 8. The quantitative estimate of drug-likeness (QED) is 0.305. The fourth-order valence-electron chi connectivity index (χ4n) is 2.71. The third kappa shape index (κ3) is 5.44. The van der Waals surface area contributed by atoms with Crippen molar-refractivity contribution in [2.75, 3.05) is 48.4 Å². The van der Waals surface area contributed by atoms with E-state index in [0.717, 1.165) is 30.2 Å². The van der Waals surface area contributed by atoms with Crippen LogP contribution in [0.1, 0.15) is 12.6 Å². The molecule has 0 atom stereocenters. The normalized spacial score (nSPS) is 14.7. The average Bonchev–Trinajstić information content (AvgIpc) is 3.10. The van der Waals surface area contributed by atoms with Gasteiger partial charge in [0.2, 0.25) is 5.95 Å². The van der Waals surface area contributed by atoms with Gasteiger partial charge in [0.05, 0.1) is 19.8 Å². The first-order valence-corrected chi connectivity index (χ1v) is 9.01. The molecule has 1 aliphatic heterocycles. The lowest BCUT2D eigenvalue weighted by molar-refractivity contribution is 0.122. The summed E-state index contributed by atoms with van der Waals surface area (Å²) in [4.78, 5) is 16.2. The number of anilines is 4. The highest BCUT2D eigenvalue weighted by Gasteiger charge is 2.16. The molecule has 0 saturated carbocycles. The van der Waals surface area contributed by atoms with Gasteiger partial charge in [0.25, 0.3) is 0 Å². The number of ether oxygens (including phenoxy) is 1. The number of H-pyrrole nitrogens is 1. The highest BCUT2D eigenvalue weighted by molar-refractivity contribution is 5.59. The zero-order chi connectivity index (χ0) is 19.9. The summed E-state index contributed by atoms with van der Waals surface area (Å²) in [6.07, 6.45) is 1.75. The van der Waals surface area contributed by atoms with Crippen molar-refractivity contribution in [3.05, 3.63) is 41.8 Å². The number of allylic oxidation sites excluding steroid dienone is 2. The molecule has 3 rings (SSSR count). The number of aromatic nitrogens is 4. The maximum Gasteiger partial charge on any atom is 0.227 e. The van der Waals surface area contributed by atoms with Crippen LogP contribution in [0.25, 0.3) is 0 Å². The summed E-state index contributed by atoms with van der Waals surface area (Å²) in [6.45, 7) is 10.8. The third-order valence-electron chi connectivity index (χ3n) is 3.99. The molecule has 1 aliphatic rings. The lowest BCUT2D eigenvalue weighted by Gasteiger charge is -2.28. The number of aromatic amines is 1. The van der Waals surface area contributed by atoms with Crippen LogP contribution in [0.5, 0.6) is 0 Å². The molecule has 0 spiro atoms. The van der Waals surface area contributed by atoms with E-state index >= 15 is 0 Å². The summed E-state index contributed by atoms with van der Waals surface area (Å²) >= 11 is 0. The molecule has 10 nitrogen and oxygen atoms in total. The average molecular weight is 386 g/mol. The number of nitrogens with two attached hydrogens (primary N) is 1. The second kappa shape index (κ2) is 9.20. The monoisotopic (exact) mass is 386 g/mol. The molecule has 0 bridgehead atoms. The van der Waals surface area contributed by atoms with Crippen molar-refractivity contribution < 1.29 is 9.57 Å². The van der Waals surface area contributed by atoms with Crippen LogP contribution in [0, 0.1) is 6.92 Å². The first-order valence-electron chi connectivity index (χ1n) is 9.01. The molecule has 150 valence electrons. The molecule has 0 amide bonds. The van der Waals surface area contributed by atoms with Gasteiger partial charge in [0, 0.05) is 30.9 Å². The Balaban J connectivity index is 1.82. The van der Waals surface area contributed by atoms with Gasteiger partial charge >= 0.3 is 0 Å². The van der Waals surface area contributed by atoms with Gasteiger partial charge in [-0.15, -0.1) is 0 Å². The first-order chi connectivity index (χ1) is 13.5. The van der Waals surface area contributed by atoms with Crippen molar-refractivity contribution in [2.45, 2.75) is 13.8 Å². The fraction of sp³-hybridized carbons (Fsp3) is 0.389. The highest BCUT2D eigenvalue weighted by atomic mass is 16.6. The number of nitrogens with one attached hydrogen (secondary N) is 3. The van der Waals surface area contributed by atoms with Crippen molar-refractivity contribution >= 4 is 23.4 Å². The minimum atomic E-state index is 0.330. The van der Waals surface area contributed by atoms with Crippen molar-refractivity contribution in [3.63, 3.8) is 0 Å². The van der Waals surface area contributed by atoms with Gasteiger partial charge in [-0.25, -0.2) is 0 Å². The fourth-order valence-corrected chi connectivity index (χ4v) is 2.71. The summed E-state index contributed by atoms with van der Waals surface area (Å²) in [6, 6.07) is 3.80. The predicted molar refractivity (Wildman–Crippen MR) is 108 cm³/mol. The highest BCUT2D eigenvalue weighted by Crippen LogP contribution is 2.22. The van der Waals surface area contributed by atoms with E-state index < -0.39 is 0 Å². The summed E-state index contributed by atoms with van der Waals surface area (Å²) in [7, 11) is 0. The Morgan fingerprint density at radius 1 is 1.36 bits per heavy atom. The first kappa shape index (κ1) is 19.6. The van der Waals surface area contributed by atoms with Gasteiger partial charge in [0.15, 0.2) is 5.82 Å². The van der Waals surface area contributed by atoms with Crippen LogP contribution in [0.3, 0.4) is 0 Å². The topological polar surface area (TPSA) is 126 Å². The van der Waals surface area contributed by atoms with Gasteiger partial charge in [0.1, 0.15) is 17.4 Å². The van der Waals surface area contributed by atoms with Gasteiger partial charge in [-0.1, -0.05) is 12.2 Å². The predicted octanol–water partition coefficient (Wildman–Crippen LogP) is 1.85. The second-order valence-corrected chi connectivity index (χ2v) is 6.52. The SMILES string of the molecule is C=C(C)/C=C(/CNc1nc(Nc2cc(C)[nH]n2)cc(N2CCOCC2)n1)ON. The second-order valence-electron chi connectivity index (χ2n) is 6.52. The maximum absolute atomic E-state index is 5.43. The van der Waals surface area contributed by atoms with Crippen LogP contribution in [-0.4, -0.2) is 53.0 Å². The van der Waals surface area contributed by atoms with E-state index in [1.165, 1.54) is 0 Å². The number of morpholine rings is 1. The smallest absolute Gasteiger partial charge is 0.227 e. The number of hydrogen-bond acceptors (Lipinski definition) is 9. The molecule has 0 radical (unpaired) electrons. The molecule has 1 fully saturated rings. The molecule has 3 heterocycles. The van der Waals surface area contributed by atoms with Crippen LogP contribution in [0.15, 0.2) is 36.1 Å². The van der Waals surface area contributed by atoms with Crippen molar-refractivity contribution in [2.24, 2.45) is 5.90 Å². The van der Waals surface area contributed by atoms with Gasteiger partial charge in [-0.3, -0.25) is 5.10 Å². The Labute approximate surface area is 163 Å². The molecule has 10 heteroatoms. The van der Waals surface area contributed by atoms with E-state index in [0.29, 0.717) is 43.1 Å². The van der Waals surface area contributed by atoms with E-state index in [4.69, 9.17) is 15.5 Å². The Morgan fingerprint density at radius 2 is 2.14 bits per heavy atom. The summed E-state index contributed by atoms with van der Waals surface area (Å²) < 4.78 is 5.43. The number of aryl methyl sites for hydroxylation is 1. The molecule has 2 aromatic heterocycles. The number of hydrogen-bond donors (Lipinski definition) is 4. The van der Waals surface area contributed by atoms with Crippen LogP contribution in [0.2, 0.25) is 0 Å². The van der Waals surface area contributed by atoms with Crippen LogP contribution in [0.4, 0.5) is 23.4 Å². The molecular weight excluding hydrogens is 360 g/mol. The number of nitrogens with zero attached hydrogens (tertiary/aromatic N) is 4. The van der Waals surface area contributed by atoms with Crippen molar-refractivity contribution in [1.29, 1.82) is 0 Å². The Morgan fingerprint density at radius 3 is 2.79 bits per heavy atom. The van der Waals surface area contributed by atoms with E-state index in [9.17, 15) is 0 Å². The molecule has 5 N–H and O–H groups in total. The molecule has 0 aromatic carbocycles. The Bertz CT molecular complexity index is 842. The zero-order valence-electron chi connectivity index (χ0n) is 16.2. The lowest BCUT2D eigenvalue weighted by Crippen LogP contribution is -2.37. The Kier molecular flexibility index (Phi) is 6.45. The van der Waals surface area contributed by atoms with Crippen molar-refractivity contribution in [3.8, 4) is 0 Å². The van der Waals surface area contributed by atoms with Crippen LogP contribution in [-0.2, 0) is 9.57 Å². The van der Waals surface area contributed by atoms with Crippen LogP contribution < -0.4 is 21.4 Å². The summed E-state index contributed by atoms with van der Waals surface area (Å²) in [5.74, 6) is 8.42. The van der Waals surface area contributed by atoms with E-state index in [-0.39, 0.29) is 0 Å². The molecule has 2 aromatic rings. The molecule has 0 aliphatic carbocycles. The summed E-state index contributed by atoms with van der Waals surface area (Å²) in [5, 5.41) is 13.5. The van der Waals surface area contributed by atoms with E-state index in [2.05, 4.69) is 42.3 Å². The molecular formula is C18H26N8O2. The van der Waals surface area contributed by atoms with Gasteiger partial charge in [-0.05, 0) is 19.9 Å². The van der Waals surface area contributed by atoms with E-state index in [1.807, 2.05) is 26.0 Å². The summed E-state index contributed by atoms with van der Waals surface area (Å²) in [5.41, 5.74) is 1.79. The minimum Gasteiger partial charge on any atom is -0.414 e. The standard InChI is InChI=1S/C18H26N8O2/c1-12(2)8-14(28-19)11-20-18-22-15(21-16-9-13(3)24-25-16)10-17(23-18)26-4-6-27-7-5-26/h8-10H,1,4-7,11,19H2,2-3H3,(H3,20,21,22,23,24,25)/b14-8-. The molecule has 28 heavy (non-hydrogen) atoms. The largest absolute Gasteiger partial charge is 0.414 e.